The second-order valence-electron chi connectivity index (χ2n) is 5.06. The molecule has 0 aliphatic rings. The standard InChI is InChI=1S/C17H25N5/c1-4-11-18-16-12-17(20-13-19-16)21-14-7-9-15(10-8-14)22(5-2)6-3/h7-10,12-13H,4-6,11H2,1-3H3,(H2,18,19,20,21). The van der Waals surface area contributed by atoms with Crippen molar-refractivity contribution in [1.82, 2.24) is 9.97 Å². The Hall–Kier alpha value is -2.30. The molecule has 22 heavy (non-hydrogen) atoms. The highest BCUT2D eigenvalue weighted by atomic mass is 15.1. The minimum absolute atomic E-state index is 0.796. The topological polar surface area (TPSA) is 53.1 Å². The molecule has 1 aromatic heterocycles. The van der Waals surface area contributed by atoms with Crippen molar-refractivity contribution in [3.05, 3.63) is 36.7 Å². The number of nitrogens with one attached hydrogen (secondary N) is 2. The van der Waals surface area contributed by atoms with Crippen molar-refractivity contribution in [1.29, 1.82) is 0 Å². The molecule has 0 spiro atoms. The summed E-state index contributed by atoms with van der Waals surface area (Å²) < 4.78 is 0. The Morgan fingerprint density at radius 1 is 0.955 bits per heavy atom. The SMILES string of the molecule is CCCNc1cc(Nc2ccc(N(CC)CC)cc2)ncn1. The molecule has 0 fully saturated rings. The summed E-state index contributed by atoms with van der Waals surface area (Å²) in [5, 5.41) is 6.58. The predicted molar refractivity (Wildman–Crippen MR) is 94.1 cm³/mol. The zero-order chi connectivity index (χ0) is 15.8. The van der Waals surface area contributed by atoms with Crippen LogP contribution in [0.25, 0.3) is 0 Å². The average molecular weight is 299 g/mol. The Bertz CT molecular complexity index is 564. The van der Waals surface area contributed by atoms with Crippen LogP contribution in [0.1, 0.15) is 27.2 Å². The van der Waals surface area contributed by atoms with Gasteiger partial charge in [0.15, 0.2) is 0 Å². The highest BCUT2D eigenvalue weighted by Gasteiger charge is 2.03. The lowest BCUT2D eigenvalue weighted by molar-refractivity contribution is 0.866. The first-order valence-corrected chi connectivity index (χ1v) is 7.94. The van der Waals surface area contributed by atoms with Gasteiger partial charge in [0.2, 0.25) is 0 Å². The van der Waals surface area contributed by atoms with Crippen molar-refractivity contribution < 1.29 is 0 Å². The van der Waals surface area contributed by atoms with Gasteiger partial charge >= 0.3 is 0 Å². The van der Waals surface area contributed by atoms with E-state index in [-0.39, 0.29) is 0 Å². The molecule has 2 rings (SSSR count). The molecule has 0 unspecified atom stereocenters. The van der Waals surface area contributed by atoms with Crippen LogP contribution in [0, 0.1) is 0 Å². The zero-order valence-electron chi connectivity index (χ0n) is 13.6. The summed E-state index contributed by atoms with van der Waals surface area (Å²) in [5.74, 6) is 1.64. The van der Waals surface area contributed by atoms with Crippen molar-refractivity contribution in [2.75, 3.05) is 35.2 Å². The number of anilines is 4. The number of nitrogens with zero attached hydrogens (tertiary/aromatic N) is 3. The van der Waals surface area contributed by atoms with Crippen molar-refractivity contribution >= 4 is 23.0 Å². The second-order valence-corrected chi connectivity index (χ2v) is 5.06. The second kappa shape index (κ2) is 8.22. The van der Waals surface area contributed by atoms with Gasteiger partial charge < -0.3 is 15.5 Å². The van der Waals surface area contributed by atoms with E-state index in [0.29, 0.717) is 0 Å². The number of hydrogen-bond donors (Lipinski definition) is 2. The molecule has 0 amide bonds. The first kappa shape index (κ1) is 16.1. The van der Waals surface area contributed by atoms with Crippen LogP contribution in [0.4, 0.5) is 23.0 Å². The van der Waals surface area contributed by atoms with Crippen LogP contribution in [0.2, 0.25) is 0 Å². The predicted octanol–water partition coefficient (Wildman–Crippen LogP) is 3.89. The molecule has 0 saturated carbocycles. The maximum Gasteiger partial charge on any atom is 0.135 e. The van der Waals surface area contributed by atoms with Crippen LogP contribution in [-0.4, -0.2) is 29.6 Å². The van der Waals surface area contributed by atoms with Gasteiger partial charge in [-0.2, -0.15) is 0 Å². The van der Waals surface area contributed by atoms with Gasteiger partial charge in [-0.15, -0.1) is 0 Å². The summed E-state index contributed by atoms with van der Waals surface area (Å²) in [6, 6.07) is 10.3. The van der Waals surface area contributed by atoms with E-state index in [9.17, 15) is 0 Å². The largest absolute Gasteiger partial charge is 0.372 e. The molecule has 0 aliphatic heterocycles. The van der Waals surface area contributed by atoms with E-state index in [2.05, 4.69) is 70.5 Å². The Balaban J connectivity index is 2.04. The molecule has 2 N–H and O–H groups in total. The van der Waals surface area contributed by atoms with Gasteiger partial charge in [0.1, 0.15) is 18.0 Å². The number of rotatable bonds is 8. The summed E-state index contributed by atoms with van der Waals surface area (Å²) in [6.45, 7) is 9.41. The van der Waals surface area contributed by atoms with Gasteiger partial charge in [0.05, 0.1) is 0 Å². The van der Waals surface area contributed by atoms with Gasteiger partial charge in [-0.25, -0.2) is 9.97 Å². The summed E-state index contributed by atoms with van der Waals surface area (Å²) in [6.07, 6.45) is 2.64. The summed E-state index contributed by atoms with van der Waals surface area (Å²) in [5.41, 5.74) is 2.26. The van der Waals surface area contributed by atoms with E-state index in [0.717, 1.165) is 43.4 Å². The Morgan fingerprint density at radius 2 is 1.64 bits per heavy atom. The molecular weight excluding hydrogens is 274 g/mol. The van der Waals surface area contributed by atoms with E-state index in [1.165, 1.54) is 5.69 Å². The maximum absolute atomic E-state index is 4.26. The van der Waals surface area contributed by atoms with Crippen LogP contribution in [0.15, 0.2) is 36.7 Å². The Labute approximate surface area is 132 Å². The molecule has 0 bridgehead atoms. The number of aromatic nitrogens is 2. The van der Waals surface area contributed by atoms with E-state index >= 15 is 0 Å². The van der Waals surface area contributed by atoms with Gasteiger partial charge in [-0.05, 0) is 44.5 Å². The zero-order valence-corrected chi connectivity index (χ0v) is 13.6. The number of hydrogen-bond acceptors (Lipinski definition) is 5. The van der Waals surface area contributed by atoms with E-state index < -0.39 is 0 Å². The molecular formula is C17H25N5. The van der Waals surface area contributed by atoms with Crippen LogP contribution in [-0.2, 0) is 0 Å². The van der Waals surface area contributed by atoms with E-state index in [1.54, 1.807) is 6.33 Å². The van der Waals surface area contributed by atoms with Gasteiger partial charge in [0.25, 0.3) is 0 Å². The molecule has 118 valence electrons. The highest BCUT2D eigenvalue weighted by molar-refractivity contribution is 5.62. The smallest absolute Gasteiger partial charge is 0.135 e. The first-order chi connectivity index (χ1) is 10.8. The molecule has 5 nitrogen and oxygen atoms in total. The van der Waals surface area contributed by atoms with Gasteiger partial charge in [-0.1, -0.05) is 6.92 Å². The molecule has 0 atom stereocenters. The third-order valence-corrected chi connectivity index (χ3v) is 3.49. The number of benzene rings is 1. The fourth-order valence-electron chi connectivity index (χ4n) is 2.27. The molecule has 5 heteroatoms. The van der Waals surface area contributed by atoms with Crippen molar-refractivity contribution in [3.8, 4) is 0 Å². The maximum atomic E-state index is 4.26. The van der Waals surface area contributed by atoms with Gasteiger partial charge in [0, 0.05) is 37.1 Å². The summed E-state index contributed by atoms with van der Waals surface area (Å²) in [4.78, 5) is 10.8. The molecule has 2 aromatic rings. The molecule has 0 saturated heterocycles. The quantitative estimate of drug-likeness (QED) is 0.774. The van der Waals surface area contributed by atoms with Crippen molar-refractivity contribution in [2.45, 2.75) is 27.2 Å². The monoisotopic (exact) mass is 299 g/mol. The van der Waals surface area contributed by atoms with E-state index in [4.69, 9.17) is 0 Å². The lowest BCUT2D eigenvalue weighted by atomic mass is 10.2. The third-order valence-electron chi connectivity index (χ3n) is 3.49. The van der Waals surface area contributed by atoms with Gasteiger partial charge in [-0.3, -0.25) is 0 Å². The Kier molecular flexibility index (Phi) is 6.01. The lowest BCUT2D eigenvalue weighted by Crippen LogP contribution is -2.21. The van der Waals surface area contributed by atoms with Crippen LogP contribution >= 0.6 is 0 Å². The van der Waals surface area contributed by atoms with Crippen molar-refractivity contribution in [2.24, 2.45) is 0 Å². The molecule has 1 aromatic carbocycles. The summed E-state index contributed by atoms with van der Waals surface area (Å²) >= 11 is 0. The molecule has 0 aliphatic carbocycles. The van der Waals surface area contributed by atoms with Crippen LogP contribution < -0.4 is 15.5 Å². The minimum Gasteiger partial charge on any atom is -0.372 e. The first-order valence-electron chi connectivity index (χ1n) is 7.94. The van der Waals surface area contributed by atoms with Crippen molar-refractivity contribution in [3.63, 3.8) is 0 Å². The minimum atomic E-state index is 0.796. The molecule has 1 heterocycles. The highest BCUT2D eigenvalue weighted by Crippen LogP contribution is 2.20. The van der Waals surface area contributed by atoms with Crippen LogP contribution in [0.5, 0.6) is 0 Å². The lowest BCUT2D eigenvalue weighted by Gasteiger charge is -2.21. The summed E-state index contributed by atoms with van der Waals surface area (Å²) in [7, 11) is 0. The Morgan fingerprint density at radius 3 is 2.27 bits per heavy atom. The fraction of sp³-hybridized carbons (Fsp3) is 0.412. The normalized spacial score (nSPS) is 10.3. The third kappa shape index (κ3) is 4.35. The van der Waals surface area contributed by atoms with Crippen LogP contribution in [0.3, 0.4) is 0 Å². The average Bonchev–Trinajstić information content (AvgIpc) is 2.56. The molecule has 0 radical (unpaired) electrons. The van der Waals surface area contributed by atoms with E-state index in [1.807, 2.05) is 6.07 Å². The fourth-order valence-corrected chi connectivity index (χ4v) is 2.27.